The zero-order valence-electron chi connectivity index (χ0n) is 8.68. The van der Waals surface area contributed by atoms with Gasteiger partial charge >= 0.3 is 0 Å². The van der Waals surface area contributed by atoms with E-state index in [-0.39, 0.29) is 11.2 Å². The lowest BCUT2D eigenvalue weighted by molar-refractivity contribution is -0.118. The molecule has 0 radical (unpaired) electrons. The first-order valence-corrected chi connectivity index (χ1v) is 6.14. The van der Waals surface area contributed by atoms with E-state index >= 15 is 0 Å². The molecule has 1 aromatic heterocycles. The molecule has 0 fully saturated rings. The molecule has 1 N–H and O–H groups in total. The van der Waals surface area contributed by atoms with Gasteiger partial charge in [0.2, 0.25) is 5.91 Å². The average Bonchev–Trinajstić information content (AvgIpc) is 2.91. The molecule has 0 bridgehead atoms. The monoisotopic (exact) mass is 241 g/mol. The van der Waals surface area contributed by atoms with Gasteiger partial charge in [-0.15, -0.1) is 0 Å². The molecule has 1 aromatic rings. The smallest absolute Gasteiger partial charge is 0.244 e. The Morgan fingerprint density at radius 2 is 2.35 bits per heavy atom. The van der Waals surface area contributed by atoms with Crippen molar-refractivity contribution in [2.45, 2.75) is 10.3 Å². The molecule has 4 nitrogen and oxygen atoms in total. The minimum absolute atomic E-state index is 0.0160. The molecule has 3 aliphatic rings. The number of amides is 1. The number of nitrogens with one attached hydrogen (secondary N) is 1. The lowest BCUT2D eigenvalue weighted by atomic mass is 10.1. The van der Waals surface area contributed by atoms with Crippen molar-refractivity contribution in [2.24, 2.45) is 4.99 Å². The van der Waals surface area contributed by atoms with Crippen molar-refractivity contribution in [3.05, 3.63) is 28.3 Å². The summed E-state index contributed by atoms with van der Waals surface area (Å²) in [7, 11) is 0. The van der Waals surface area contributed by atoms with Crippen molar-refractivity contribution >= 4 is 41.9 Å². The summed E-state index contributed by atoms with van der Waals surface area (Å²) in [6, 6.07) is 0. The standard InChI is InChI=1S/C12H7N3OS/c16-11-10-9(14-5-15-11)8-7-3-1-2-6(7)4-13-12(8)17-10/h1-5,10H,(H,14,15,16). The molecule has 0 spiro atoms. The lowest BCUT2D eigenvalue weighted by Crippen LogP contribution is -2.37. The highest BCUT2D eigenvalue weighted by Gasteiger charge is 2.34. The fourth-order valence-electron chi connectivity index (χ4n) is 2.27. The van der Waals surface area contributed by atoms with Crippen LogP contribution in [0.2, 0.25) is 0 Å². The number of carbonyl (C=O) groups excluding carboxylic acids is 1. The van der Waals surface area contributed by atoms with Crippen LogP contribution in [-0.4, -0.2) is 22.5 Å². The Kier molecular flexibility index (Phi) is 1.66. The fourth-order valence-corrected chi connectivity index (χ4v) is 3.40. The summed E-state index contributed by atoms with van der Waals surface area (Å²) >= 11 is 1.47. The van der Waals surface area contributed by atoms with E-state index in [0.717, 1.165) is 26.7 Å². The van der Waals surface area contributed by atoms with Crippen LogP contribution < -0.4 is 15.8 Å². The number of thioether (sulfide) groups is 1. The number of hydrogen-bond acceptors (Lipinski definition) is 4. The Bertz CT molecular complexity index is 733. The Morgan fingerprint density at radius 1 is 1.41 bits per heavy atom. The lowest BCUT2D eigenvalue weighted by Gasteiger charge is -2.13. The number of carbonyl (C=O) groups is 1. The number of nitrogens with zero attached hydrogens (tertiary/aromatic N) is 2. The summed E-state index contributed by atoms with van der Waals surface area (Å²) in [4.78, 5) is 20.5. The van der Waals surface area contributed by atoms with E-state index in [4.69, 9.17) is 0 Å². The topological polar surface area (TPSA) is 54.4 Å². The van der Waals surface area contributed by atoms with Gasteiger partial charge < -0.3 is 5.32 Å². The van der Waals surface area contributed by atoms with E-state index in [1.807, 2.05) is 24.4 Å². The summed E-state index contributed by atoms with van der Waals surface area (Å²) in [5, 5.41) is 5.44. The van der Waals surface area contributed by atoms with Crippen LogP contribution in [0.15, 0.2) is 22.3 Å². The Morgan fingerprint density at radius 3 is 3.29 bits per heavy atom. The van der Waals surface area contributed by atoms with Gasteiger partial charge in [0.15, 0.2) is 0 Å². The van der Waals surface area contributed by atoms with Gasteiger partial charge in [-0.05, 0) is 5.22 Å². The van der Waals surface area contributed by atoms with E-state index < -0.39 is 0 Å². The number of aromatic nitrogens is 1. The number of fused-ring (bicyclic) bond motifs is 4. The van der Waals surface area contributed by atoms with Gasteiger partial charge in [-0.2, -0.15) is 0 Å². The van der Waals surface area contributed by atoms with Crippen LogP contribution in [0.4, 0.5) is 0 Å². The van der Waals surface area contributed by atoms with E-state index in [1.54, 1.807) is 0 Å². The van der Waals surface area contributed by atoms with Gasteiger partial charge in [0.25, 0.3) is 0 Å². The van der Waals surface area contributed by atoms with Crippen molar-refractivity contribution < 1.29 is 4.79 Å². The van der Waals surface area contributed by atoms with E-state index in [2.05, 4.69) is 15.3 Å². The second kappa shape index (κ2) is 3.07. The number of aliphatic imine (C=N–C) groups is 1. The maximum absolute atomic E-state index is 11.7. The Labute approximate surface area is 101 Å². The third-order valence-corrected chi connectivity index (χ3v) is 4.24. The van der Waals surface area contributed by atoms with Crippen molar-refractivity contribution in [1.82, 2.24) is 10.3 Å². The highest BCUT2D eigenvalue weighted by atomic mass is 32.2. The average molecular weight is 241 g/mol. The summed E-state index contributed by atoms with van der Waals surface area (Å²) < 4.78 is 0. The largest absolute Gasteiger partial charge is 0.315 e. The fraction of sp³-hybridized carbons (Fsp3) is 0.0833. The third kappa shape index (κ3) is 1.12. The second-order valence-corrected chi connectivity index (χ2v) is 5.08. The quantitative estimate of drug-likeness (QED) is 0.674. The highest BCUT2D eigenvalue weighted by Crippen LogP contribution is 2.32. The van der Waals surface area contributed by atoms with E-state index in [9.17, 15) is 4.79 Å². The normalized spacial score (nSPS) is 22.9. The van der Waals surface area contributed by atoms with Crippen molar-refractivity contribution in [1.29, 1.82) is 0 Å². The van der Waals surface area contributed by atoms with Gasteiger partial charge in [0.1, 0.15) is 10.3 Å². The van der Waals surface area contributed by atoms with Crippen molar-refractivity contribution in [2.75, 3.05) is 0 Å². The first-order valence-electron chi connectivity index (χ1n) is 5.26. The van der Waals surface area contributed by atoms with Gasteiger partial charge in [-0.25, -0.2) is 9.98 Å². The van der Waals surface area contributed by atoms with E-state index in [0.29, 0.717) is 0 Å². The maximum atomic E-state index is 11.7. The maximum Gasteiger partial charge on any atom is 0.244 e. The molecule has 2 aliphatic heterocycles. The molecule has 1 amide bonds. The van der Waals surface area contributed by atoms with Crippen LogP contribution in [0, 0.1) is 0 Å². The van der Waals surface area contributed by atoms with Crippen molar-refractivity contribution in [3.8, 4) is 0 Å². The van der Waals surface area contributed by atoms with E-state index in [1.165, 1.54) is 18.1 Å². The molecule has 0 saturated heterocycles. The molecule has 0 saturated carbocycles. The highest BCUT2D eigenvalue weighted by molar-refractivity contribution is 8.01. The molecule has 0 aromatic carbocycles. The summed E-state index contributed by atoms with van der Waals surface area (Å²) in [6.45, 7) is 0. The molecular formula is C12H7N3OS. The molecule has 5 heteroatoms. The van der Waals surface area contributed by atoms with Gasteiger partial charge in [0.05, 0.1) is 12.0 Å². The van der Waals surface area contributed by atoms with Gasteiger partial charge in [-0.1, -0.05) is 30.0 Å². The number of rotatable bonds is 0. The molecule has 1 aliphatic carbocycles. The predicted molar refractivity (Wildman–Crippen MR) is 66.7 cm³/mol. The molecule has 4 rings (SSSR count). The predicted octanol–water partition coefficient (Wildman–Crippen LogP) is -0.371. The zero-order valence-corrected chi connectivity index (χ0v) is 9.49. The zero-order chi connectivity index (χ0) is 11.4. The van der Waals surface area contributed by atoms with Crippen LogP contribution in [0.1, 0.15) is 5.56 Å². The molecule has 1 atom stereocenters. The minimum Gasteiger partial charge on any atom is -0.315 e. The molecule has 1 unspecified atom stereocenters. The molecule has 82 valence electrons. The number of allylic oxidation sites excluding steroid dienone is 1. The minimum atomic E-state index is -0.247. The summed E-state index contributed by atoms with van der Waals surface area (Å²) in [5.41, 5.74) is 1.93. The van der Waals surface area contributed by atoms with Crippen molar-refractivity contribution in [3.63, 3.8) is 0 Å². The molecular weight excluding hydrogens is 234 g/mol. The first-order chi connectivity index (χ1) is 8.34. The van der Waals surface area contributed by atoms with Crippen LogP contribution in [0.25, 0.3) is 17.8 Å². The number of hydrogen-bond donors (Lipinski definition) is 1. The third-order valence-electron chi connectivity index (χ3n) is 3.04. The van der Waals surface area contributed by atoms with Crippen LogP contribution in [0.5, 0.6) is 0 Å². The summed E-state index contributed by atoms with van der Waals surface area (Å²) in [6.07, 6.45) is 9.38. The van der Waals surface area contributed by atoms with Crippen LogP contribution in [0.3, 0.4) is 0 Å². The van der Waals surface area contributed by atoms with Gasteiger partial charge in [-0.3, -0.25) is 4.79 Å². The second-order valence-electron chi connectivity index (χ2n) is 3.98. The van der Waals surface area contributed by atoms with Crippen LogP contribution >= 0.6 is 11.8 Å². The summed E-state index contributed by atoms with van der Waals surface area (Å²) in [5.74, 6) is -0.0160. The molecule has 3 heterocycles. The Balaban J connectivity index is 2.16. The molecule has 17 heavy (non-hydrogen) atoms. The van der Waals surface area contributed by atoms with Crippen LogP contribution in [-0.2, 0) is 4.79 Å². The first kappa shape index (κ1) is 9.18. The SMILES string of the molecule is O=C1NC=NC2=c3c(ncc4c3=CC=C4)SC12. The van der Waals surface area contributed by atoms with Gasteiger partial charge in [0, 0.05) is 17.0 Å². The number of pyridine rings is 1. The Hall–Kier alpha value is -1.88.